The largest absolute Gasteiger partial charge is 0.400 e. The molecule has 0 spiro atoms. The molecule has 1 amide bonds. The van der Waals surface area contributed by atoms with Gasteiger partial charge < -0.3 is 20.9 Å². The third-order valence-electron chi connectivity index (χ3n) is 5.06. The molecule has 2 aromatic rings. The van der Waals surface area contributed by atoms with Gasteiger partial charge in [0.05, 0.1) is 6.04 Å². The zero-order valence-electron chi connectivity index (χ0n) is 21.0. The molecule has 0 aliphatic carbocycles. The number of hydrogen-bond donors (Lipinski definition) is 4. The molecule has 9 heteroatoms. The van der Waals surface area contributed by atoms with Gasteiger partial charge in [-0.05, 0) is 67.0 Å². The molecule has 0 radical (unpaired) electrons. The number of aliphatic hydroxyl groups is 1. The molecule has 5 N–H and O–H groups in total. The molecule has 1 saturated heterocycles. The number of hydrogen-bond acceptors (Lipinski definition) is 8. The summed E-state index contributed by atoms with van der Waals surface area (Å²) in [6, 6.07) is 17.1. The SMILES string of the molecule is C1CCOC1.CC(C)CN(CC(OO)C(Cc1ccccc1)NC=O)Sc1ccc(N)cc1.CO. The van der Waals surface area contributed by atoms with Crippen LogP contribution in [0.2, 0.25) is 0 Å². The van der Waals surface area contributed by atoms with E-state index < -0.39 is 6.10 Å². The number of carbonyl (C=O) groups excluding carboxylic acids is 1. The Morgan fingerprint density at radius 1 is 1.09 bits per heavy atom. The van der Waals surface area contributed by atoms with Gasteiger partial charge in [-0.2, -0.15) is 0 Å². The summed E-state index contributed by atoms with van der Waals surface area (Å²) < 4.78 is 7.08. The molecular formula is C26H41N3O5S. The second kappa shape index (κ2) is 19.1. The Hall–Kier alpha value is -2.14. The van der Waals surface area contributed by atoms with Gasteiger partial charge in [0, 0.05) is 44.0 Å². The molecule has 1 aliphatic rings. The van der Waals surface area contributed by atoms with Crippen molar-refractivity contribution >= 4 is 24.0 Å². The molecular weight excluding hydrogens is 466 g/mol. The number of amides is 1. The van der Waals surface area contributed by atoms with Crippen LogP contribution in [0.5, 0.6) is 0 Å². The van der Waals surface area contributed by atoms with Gasteiger partial charge in [0.1, 0.15) is 6.10 Å². The second-order valence-corrected chi connectivity index (χ2v) is 9.62. The maximum atomic E-state index is 11.1. The van der Waals surface area contributed by atoms with Crippen LogP contribution in [-0.2, 0) is 20.8 Å². The van der Waals surface area contributed by atoms with Crippen molar-refractivity contribution in [2.75, 3.05) is 39.1 Å². The Morgan fingerprint density at radius 2 is 1.71 bits per heavy atom. The molecule has 2 atom stereocenters. The smallest absolute Gasteiger partial charge is 0.207 e. The second-order valence-electron chi connectivity index (χ2n) is 8.45. The minimum atomic E-state index is -0.578. The van der Waals surface area contributed by atoms with Crippen molar-refractivity contribution in [3.05, 3.63) is 60.2 Å². The lowest BCUT2D eigenvalue weighted by atomic mass is 10.0. The van der Waals surface area contributed by atoms with E-state index in [1.807, 2.05) is 54.6 Å². The average molecular weight is 508 g/mol. The van der Waals surface area contributed by atoms with Gasteiger partial charge in [-0.1, -0.05) is 44.2 Å². The Balaban J connectivity index is 0.000000759. The van der Waals surface area contributed by atoms with Crippen LogP contribution in [0.25, 0.3) is 0 Å². The summed E-state index contributed by atoms with van der Waals surface area (Å²) in [6.45, 7) is 7.52. The van der Waals surface area contributed by atoms with Gasteiger partial charge in [-0.3, -0.25) is 10.1 Å². The highest BCUT2D eigenvalue weighted by atomic mass is 32.2. The first-order valence-electron chi connectivity index (χ1n) is 11.9. The van der Waals surface area contributed by atoms with E-state index in [1.54, 1.807) is 11.9 Å². The average Bonchev–Trinajstić information content (AvgIpc) is 3.46. The summed E-state index contributed by atoms with van der Waals surface area (Å²) >= 11 is 1.58. The molecule has 1 aliphatic heterocycles. The molecule has 3 rings (SSSR count). The maximum Gasteiger partial charge on any atom is 0.207 e. The Kier molecular flexibility index (Phi) is 16.9. The summed E-state index contributed by atoms with van der Waals surface area (Å²) in [5.41, 5.74) is 7.55. The molecule has 2 unspecified atom stereocenters. The Bertz CT molecular complexity index is 769. The molecule has 2 aromatic carbocycles. The van der Waals surface area contributed by atoms with Gasteiger partial charge in [0.25, 0.3) is 0 Å². The van der Waals surface area contributed by atoms with Crippen molar-refractivity contribution in [2.24, 2.45) is 5.92 Å². The maximum absolute atomic E-state index is 11.1. The summed E-state index contributed by atoms with van der Waals surface area (Å²) in [7, 11) is 1.00. The fourth-order valence-electron chi connectivity index (χ4n) is 3.43. The number of nitrogens with zero attached hydrogens (tertiary/aromatic N) is 1. The predicted octanol–water partition coefficient (Wildman–Crippen LogP) is 3.85. The summed E-state index contributed by atoms with van der Waals surface area (Å²) in [6.07, 6.45) is 3.19. The number of nitrogens with one attached hydrogen (secondary N) is 1. The van der Waals surface area contributed by atoms with Crippen LogP contribution in [0, 0.1) is 5.92 Å². The third-order valence-corrected chi connectivity index (χ3v) is 6.10. The number of benzene rings is 2. The first kappa shape index (κ1) is 30.9. The third kappa shape index (κ3) is 13.5. The number of aliphatic hydroxyl groups excluding tert-OH is 1. The highest BCUT2D eigenvalue weighted by Gasteiger charge is 2.26. The number of rotatable bonds is 12. The first-order valence-corrected chi connectivity index (χ1v) is 12.6. The van der Waals surface area contributed by atoms with Crippen LogP contribution in [0.3, 0.4) is 0 Å². The van der Waals surface area contributed by atoms with Crippen molar-refractivity contribution in [3.63, 3.8) is 0 Å². The topological polar surface area (TPSA) is 117 Å². The van der Waals surface area contributed by atoms with E-state index in [9.17, 15) is 10.1 Å². The highest BCUT2D eigenvalue weighted by molar-refractivity contribution is 7.97. The van der Waals surface area contributed by atoms with E-state index in [-0.39, 0.29) is 6.04 Å². The van der Waals surface area contributed by atoms with E-state index in [4.69, 9.17) is 20.5 Å². The van der Waals surface area contributed by atoms with Crippen molar-refractivity contribution in [1.29, 1.82) is 0 Å². The standard InChI is InChI=1S/C21H29N3O3S.C4H8O.CH4O/c1-16(2)13-24(28-19-10-8-18(22)9-11-19)14-21(27-26)20(23-15-25)12-17-6-4-3-5-7-17;1-2-4-5-3-1;1-2/h3-11,15-16,20-21,26H,12-14,22H2,1-2H3,(H,23,25);1-4H2;2H,1H3. The lowest BCUT2D eigenvalue weighted by molar-refractivity contribution is -0.284. The number of nitrogens with two attached hydrogens (primary N) is 1. The van der Waals surface area contributed by atoms with Gasteiger partial charge in [0.15, 0.2) is 0 Å². The van der Waals surface area contributed by atoms with Crippen molar-refractivity contribution in [3.8, 4) is 0 Å². The van der Waals surface area contributed by atoms with E-state index in [2.05, 4.69) is 23.5 Å². The summed E-state index contributed by atoms with van der Waals surface area (Å²) in [5.74, 6) is 0.423. The van der Waals surface area contributed by atoms with Crippen LogP contribution >= 0.6 is 11.9 Å². The van der Waals surface area contributed by atoms with Gasteiger partial charge in [0.2, 0.25) is 6.41 Å². The number of nitrogen functional groups attached to an aromatic ring is 1. The highest BCUT2D eigenvalue weighted by Crippen LogP contribution is 2.26. The molecule has 1 heterocycles. The van der Waals surface area contributed by atoms with E-state index >= 15 is 0 Å². The van der Waals surface area contributed by atoms with E-state index in [1.165, 1.54) is 12.8 Å². The fourth-order valence-corrected chi connectivity index (χ4v) is 4.58. The van der Waals surface area contributed by atoms with Crippen LogP contribution in [0.1, 0.15) is 32.3 Å². The first-order chi connectivity index (χ1) is 17.0. The van der Waals surface area contributed by atoms with Gasteiger partial charge in [-0.25, -0.2) is 9.19 Å². The minimum absolute atomic E-state index is 0.355. The van der Waals surface area contributed by atoms with Crippen LogP contribution in [0.4, 0.5) is 5.69 Å². The van der Waals surface area contributed by atoms with Gasteiger partial charge >= 0.3 is 0 Å². The van der Waals surface area contributed by atoms with Crippen molar-refractivity contribution < 1.29 is 24.8 Å². The molecule has 0 bridgehead atoms. The normalized spacial score (nSPS) is 14.4. The number of anilines is 1. The molecule has 0 aromatic heterocycles. The Morgan fingerprint density at radius 3 is 2.20 bits per heavy atom. The zero-order valence-corrected chi connectivity index (χ0v) is 21.8. The number of ether oxygens (including phenoxy) is 1. The lowest BCUT2D eigenvalue weighted by Gasteiger charge is -2.30. The van der Waals surface area contributed by atoms with E-state index in [0.29, 0.717) is 25.3 Å². The monoisotopic (exact) mass is 507 g/mol. The fraction of sp³-hybridized carbons (Fsp3) is 0.500. The molecule has 0 saturated carbocycles. The summed E-state index contributed by atoms with van der Waals surface area (Å²) in [5, 5.41) is 19.4. The molecule has 1 fully saturated rings. The quantitative estimate of drug-likeness (QED) is 0.113. The van der Waals surface area contributed by atoms with Crippen LogP contribution in [0.15, 0.2) is 59.5 Å². The Labute approximate surface area is 213 Å². The molecule has 35 heavy (non-hydrogen) atoms. The minimum Gasteiger partial charge on any atom is -0.400 e. The van der Waals surface area contributed by atoms with Crippen molar-refractivity contribution in [1.82, 2.24) is 9.62 Å². The molecule has 196 valence electrons. The lowest BCUT2D eigenvalue weighted by Crippen LogP contribution is -2.47. The zero-order chi connectivity index (χ0) is 25.9. The van der Waals surface area contributed by atoms with E-state index in [0.717, 1.165) is 43.0 Å². The van der Waals surface area contributed by atoms with Crippen molar-refractivity contribution in [2.45, 2.75) is 50.2 Å². The predicted molar refractivity (Wildman–Crippen MR) is 142 cm³/mol. The van der Waals surface area contributed by atoms with Crippen LogP contribution in [-0.4, -0.2) is 66.6 Å². The van der Waals surface area contributed by atoms with Crippen LogP contribution < -0.4 is 11.1 Å². The molecule has 8 nitrogen and oxygen atoms in total. The summed E-state index contributed by atoms with van der Waals surface area (Å²) in [4.78, 5) is 17.0. The van der Waals surface area contributed by atoms with Gasteiger partial charge in [-0.15, -0.1) is 0 Å². The number of carbonyl (C=O) groups is 1.